The number of aromatic nitrogens is 3. The van der Waals surface area contributed by atoms with Crippen LogP contribution < -0.4 is 21.5 Å². The first-order chi connectivity index (χ1) is 18.2. The van der Waals surface area contributed by atoms with Crippen molar-refractivity contribution in [2.75, 3.05) is 31.7 Å². The molecule has 0 saturated heterocycles. The Morgan fingerprint density at radius 2 is 1.76 bits per heavy atom. The second-order valence-electron chi connectivity index (χ2n) is 8.55. The molecule has 38 heavy (non-hydrogen) atoms. The summed E-state index contributed by atoms with van der Waals surface area (Å²) in [6.07, 6.45) is 3.63. The molecule has 5 aromatic rings. The quantitative estimate of drug-likeness (QED) is 0.212. The van der Waals surface area contributed by atoms with E-state index in [9.17, 15) is 4.79 Å². The van der Waals surface area contributed by atoms with E-state index in [1.807, 2.05) is 73.1 Å². The molecule has 0 saturated carbocycles. The van der Waals surface area contributed by atoms with Crippen LogP contribution in [0, 0.1) is 0 Å². The van der Waals surface area contributed by atoms with Crippen LogP contribution in [0.3, 0.4) is 0 Å². The molecule has 3 aromatic carbocycles. The average molecular weight is 532 g/mol. The fraction of sp³-hybridized carbons (Fsp3) is 0.172. The molecule has 2 aromatic heterocycles. The third-order valence-electron chi connectivity index (χ3n) is 5.93. The molecule has 0 radical (unpaired) electrons. The lowest BCUT2D eigenvalue weighted by molar-refractivity contribution is 0.106. The summed E-state index contributed by atoms with van der Waals surface area (Å²) in [5, 5.41) is 3.43. The van der Waals surface area contributed by atoms with E-state index >= 15 is 0 Å². The molecule has 0 aliphatic rings. The number of nitrogens with zero attached hydrogens (tertiary/aromatic N) is 2. The number of anilines is 1. The van der Waals surface area contributed by atoms with Crippen LogP contribution in [0.5, 0.6) is 5.75 Å². The van der Waals surface area contributed by atoms with Crippen molar-refractivity contribution in [3.8, 4) is 22.6 Å². The van der Waals surface area contributed by atoms with Gasteiger partial charge in [0.25, 0.3) is 0 Å². The van der Waals surface area contributed by atoms with Crippen molar-refractivity contribution in [3.05, 3.63) is 107 Å². The van der Waals surface area contributed by atoms with Crippen molar-refractivity contribution < 1.29 is 9.47 Å². The van der Waals surface area contributed by atoms with Gasteiger partial charge in [-0.05, 0) is 41.5 Å². The van der Waals surface area contributed by atoms with Crippen molar-refractivity contribution in [3.63, 3.8) is 0 Å². The first-order valence-electron chi connectivity index (χ1n) is 12.2. The summed E-state index contributed by atoms with van der Waals surface area (Å²) in [6, 6.07) is 25.6. The minimum Gasteiger partial charge on any atom is -0.491 e. The number of hydrogen-bond acceptors (Lipinski definition) is 6. The third-order valence-corrected chi connectivity index (χ3v) is 5.93. The number of hydrogen-bond donors (Lipinski definition) is 3. The first kappa shape index (κ1) is 26.9. The molecule has 0 amide bonds. The summed E-state index contributed by atoms with van der Waals surface area (Å²) in [5.41, 5.74) is 11.5. The maximum Gasteiger partial charge on any atom is 0.331 e. The van der Waals surface area contributed by atoms with Crippen LogP contribution in [0.2, 0.25) is 0 Å². The zero-order chi connectivity index (χ0) is 25.5. The van der Waals surface area contributed by atoms with Crippen LogP contribution in [0.25, 0.3) is 27.8 Å². The van der Waals surface area contributed by atoms with Gasteiger partial charge >= 0.3 is 5.69 Å². The van der Waals surface area contributed by atoms with Gasteiger partial charge in [0.05, 0.1) is 35.6 Å². The molecular formula is C29H30ClN5O3. The highest BCUT2D eigenvalue weighted by Gasteiger charge is 2.12. The average Bonchev–Trinajstić information content (AvgIpc) is 3.27. The van der Waals surface area contributed by atoms with Gasteiger partial charge in [-0.2, -0.15) is 0 Å². The van der Waals surface area contributed by atoms with Crippen molar-refractivity contribution in [1.82, 2.24) is 14.5 Å². The lowest BCUT2D eigenvalue weighted by Crippen LogP contribution is -2.15. The molecular weight excluding hydrogens is 502 g/mol. The van der Waals surface area contributed by atoms with E-state index in [4.69, 9.17) is 15.2 Å². The molecule has 0 spiro atoms. The Morgan fingerprint density at radius 1 is 0.895 bits per heavy atom. The van der Waals surface area contributed by atoms with Crippen LogP contribution in [0.4, 0.5) is 5.69 Å². The Hall–Kier alpha value is -4.11. The van der Waals surface area contributed by atoms with E-state index in [0.717, 1.165) is 27.8 Å². The van der Waals surface area contributed by atoms with Crippen LogP contribution in [0.15, 0.2) is 96.1 Å². The van der Waals surface area contributed by atoms with Crippen molar-refractivity contribution >= 4 is 29.1 Å². The fourth-order valence-corrected chi connectivity index (χ4v) is 4.15. The van der Waals surface area contributed by atoms with Gasteiger partial charge in [-0.25, -0.2) is 4.79 Å². The van der Waals surface area contributed by atoms with Crippen molar-refractivity contribution in [2.45, 2.75) is 6.54 Å². The van der Waals surface area contributed by atoms with E-state index in [0.29, 0.717) is 44.3 Å². The number of aromatic amines is 1. The maximum absolute atomic E-state index is 12.9. The van der Waals surface area contributed by atoms with Crippen LogP contribution in [0.1, 0.15) is 5.56 Å². The SMILES string of the molecule is Cl.NCCOCCOc1cccc(-n2c(=O)[nH]c3ccc(-c4cncc(NCc5ccccc5)c4)cc32)c1. The second-order valence-corrected chi connectivity index (χ2v) is 8.55. The number of ether oxygens (including phenoxy) is 2. The first-order valence-corrected chi connectivity index (χ1v) is 12.2. The molecule has 9 heteroatoms. The molecule has 4 N–H and O–H groups in total. The topological polar surface area (TPSA) is 107 Å². The summed E-state index contributed by atoms with van der Waals surface area (Å²) in [7, 11) is 0. The van der Waals surface area contributed by atoms with Crippen molar-refractivity contribution in [1.29, 1.82) is 0 Å². The zero-order valence-electron chi connectivity index (χ0n) is 20.8. The molecule has 2 heterocycles. The monoisotopic (exact) mass is 531 g/mol. The van der Waals surface area contributed by atoms with E-state index in [2.05, 4.69) is 33.5 Å². The van der Waals surface area contributed by atoms with Gasteiger partial charge in [0.15, 0.2) is 0 Å². The summed E-state index contributed by atoms with van der Waals surface area (Å²) < 4.78 is 12.8. The standard InChI is InChI=1S/C29H29N5O3.ClH/c30-11-12-36-13-14-37-26-8-4-7-25(17-26)34-28-16-22(9-10-27(28)33-29(34)35)23-15-24(20-31-19-23)32-18-21-5-2-1-3-6-21;/h1-10,15-17,19-20,32H,11-14,18,30H2,(H,33,35);1H. The minimum absolute atomic E-state index is 0. The molecule has 0 fully saturated rings. The molecule has 0 atom stereocenters. The lowest BCUT2D eigenvalue weighted by atomic mass is 10.1. The van der Waals surface area contributed by atoms with Gasteiger partial charge in [0.1, 0.15) is 12.4 Å². The summed E-state index contributed by atoms with van der Waals surface area (Å²) >= 11 is 0. The third kappa shape index (κ3) is 6.41. The summed E-state index contributed by atoms with van der Waals surface area (Å²) in [5.74, 6) is 0.660. The van der Waals surface area contributed by atoms with E-state index in [1.54, 1.807) is 4.57 Å². The number of pyridine rings is 1. The number of H-pyrrole nitrogens is 1. The summed E-state index contributed by atoms with van der Waals surface area (Å²) in [6.45, 7) is 2.53. The van der Waals surface area contributed by atoms with Gasteiger partial charge in [0, 0.05) is 37.1 Å². The molecule has 196 valence electrons. The highest BCUT2D eigenvalue weighted by Crippen LogP contribution is 2.27. The van der Waals surface area contributed by atoms with E-state index in [1.165, 1.54) is 5.56 Å². The lowest BCUT2D eigenvalue weighted by Gasteiger charge is -2.10. The Labute approximate surface area is 226 Å². The zero-order valence-corrected chi connectivity index (χ0v) is 21.6. The number of fused-ring (bicyclic) bond motifs is 1. The number of halogens is 1. The van der Waals surface area contributed by atoms with Crippen molar-refractivity contribution in [2.24, 2.45) is 5.73 Å². The highest BCUT2D eigenvalue weighted by molar-refractivity contribution is 5.85. The number of benzene rings is 3. The van der Waals surface area contributed by atoms with Crippen LogP contribution >= 0.6 is 12.4 Å². The fourth-order valence-electron chi connectivity index (χ4n) is 4.15. The van der Waals surface area contributed by atoms with E-state index in [-0.39, 0.29) is 18.1 Å². The predicted molar refractivity (Wildman–Crippen MR) is 154 cm³/mol. The van der Waals surface area contributed by atoms with Gasteiger partial charge in [-0.1, -0.05) is 42.5 Å². The van der Waals surface area contributed by atoms with Gasteiger partial charge in [-0.15, -0.1) is 12.4 Å². The molecule has 0 unspecified atom stereocenters. The van der Waals surface area contributed by atoms with Gasteiger partial charge < -0.3 is 25.5 Å². The normalized spacial score (nSPS) is 10.8. The van der Waals surface area contributed by atoms with Gasteiger partial charge in [0.2, 0.25) is 0 Å². The van der Waals surface area contributed by atoms with Crippen LogP contribution in [-0.4, -0.2) is 40.9 Å². The molecule has 0 aliphatic heterocycles. The Morgan fingerprint density at radius 3 is 2.61 bits per heavy atom. The summed E-state index contributed by atoms with van der Waals surface area (Å²) in [4.78, 5) is 20.3. The minimum atomic E-state index is -0.216. The number of rotatable bonds is 11. The maximum atomic E-state index is 12.9. The number of nitrogens with two attached hydrogens (primary N) is 1. The Kier molecular flexibility index (Phi) is 9.16. The molecule has 5 rings (SSSR count). The Balaban J connectivity index is 0.00000336. The molecule has 8 nitrogen and oxygen atoms in total. The molecule has 0 bridgehead atoms. The predicted octanol–water partition coefficient (Wildman–Crippen LogP) is 4.77. The second kappa shape index (κ2) is 12.9. The van der Waals surface area contributed by atoms with E-state index < -0.39 is 0 Å². The molecule has 0 aliphatic carbocycles. The number of imidazole rings is 1. The van der Waals surface area contributed by atoms with Crippen LogP contribution in [-0.2, 0) is 11.3 Å². The smallest absolute Gasteiger partial charge is 0.331 e. The van der Waals surface area contributed by atoms with Gasteiger partial charge in [-0.3, -0.25) is 9.55 Å². The Bertz CT molecular complexity index is 1530. The highest BCUT2D eigenvalue weighted by atomic mass is 35.5. The number of nitrogens with one attached hydrogen (secondary N) is 2. The largest absolute Gasteiger partial charge is 0.491 e.